The third kappa shape index (κ3) is 3.11. The number of hydrogen-bond acceptors (Lipinski definition) is 2. The summed E-state index contributed by atoms with van der Waals surface area (Å²) in [6, 6.07) is 5.49. The van der Waals surface area contributed by atoms with Crippen LogP contribution in [0.3, 0.4) is 0 Å². The fourth-order valence-electron chi connectivity index (χ4n) is 3.12. The highest BCUT2D eigenvalue weighted by atomic mass is 19.4. The molecule has 1 heterocycles. The van der Waals surface area contributed by atoms with Crippen LogP contribution in [0.1, 0.15) is 30.4 Å². The van der Waals surface area contributed by atoms with E-state index in [0.717, 1.165) is 30.7 Å². The lowest BCUT2D eigenvalue weighted by atomic mass is 10.1. The molecule has 1 saturated carbocycles. The molecule has 6 heteroatoms. The minimum absolute atomic E-state index is 0.0676. The molecule has 0 spiro atoms. The monoisotopic (exact) mass is 312 g/mol. The van der Waals surface area contributed by atoms with Gasteiger partial charge in [0.25, 0.3) is 0 Å². The van der Waals surface area contributed by atoms with Gasteiger partial charge in [-0.15, -0.1) is 0 Å². The van der Waals surface area contributed by atoms with Crippen LogP contribution < -0.4 is 5.32 Å². The van der Waals surface area contributed by atoms with Crippen LogP contribution in [0.2, 0.25) is 0 Å². The molecule has 1 N–H and O–H groups in total. The van der Waals surface area contributed by atoms with E-state index in [1.807, 2.05) is 11.8 Å². The number of benzene rings is 1. The molecule has 1 aliphatic carbocycles. The summed E-state index contributed by atoms with van der Waals surface area (Å²) >= 11 is 0. The molecular formula is C16H19F3N2O. The molecule has 3 unspecified atom stereocenters. The Hall–Kier alpha value is -1.56. The Morgan fingerprint density at radius 2 is 1.95 bits per heavy atom. The number of carbonyl (C=O) groups is 1. The van der Waals surface area contributed by atoms with Crippen LogP contribution in [-0.4, -0.2) is 36.5 Å². The molecule has 0 bridgehead atoms. The van der Waals surface area contributed by atoms with Crippen molar-refractivity contribution in [1.82, 2.24) is 10.2 Å². The molecule has 1 saturated heterocycles. The van der Waals surface area contributed by atoms with Gasteiger partial charge in [-0.05, 0) is 37.0 Å². The van der Waals surface area contributed by atoms with Gasteiger partial charge in [0.1, 0.15) is 0 Å². The molecule has 3 nitrogen and oxygen atoms in total. The average molecular weight is 312 g/mol. The van der Waals surface area contributed by atoms with E-state index in [4.69, 9.17) is 0 Å². The van der Waals surface area contributed by atoms with E-state index in [0.29, 0.717) is 19.1 Å². The van der Waals surface area contributed by atoms with Crippen molar-refractivity contribution in [1.29, 1.82) is 0 Å². The van der Waals surface area contributed by atoms with Gasteiger partial charge in [-0.2, -0.15) is 13.2 Å². The number of alkyl halides is 3. The van der Waals surface area contributed by atoms with E-state index < -0.39 is 11.7 Å². The van der Waals surface area contributed by atoms with E-state index >= 15 is 0 Å². The summed E-state index contributed by atoms with van der Waals surface area (Å²) in [7, 11) is 0. The lowest BCUT2D eigenvalue weighted by molar-refractivity contribution is -0.137. The second kappa shape index (κ2) is 5.57. The van der Waals surface area contributed by atoms with Gasteiger partial charge in [0.05, 0.1) is 5.56 Å². The van der Waals surface area contributed by atoms with Gasteiger partial charge in [0.15, 0.2) is 0 Å². The van der Waals surface area contributed by atoms with Gasteiger partial charge < -0.3 is 10.2 Å². The summed E-state index contributed by atoms with van der Waals surface area (Å²) in [5.74, 6) is 0.139. The fraction of sp³-hybridized carbons (Fsp3) is 0.562. The first-order valence-electron chi connectivity index (χ1n) is 7.55. The Bertz CT molecular complexity index is 556. The summed E-state index contributed by atoms with van der Waals surface area (Å²) in [4.78, 5) is 14.3. The van der Waals surface area contributed by atoms with Crippen molar-refractivity contribution < 1.29 is 18.0 Å². The maximum absolute atomic E-state index is 12.6. The van der Waals surface area contributed by atoms with Crippen LogP contribution in [0, 0.1) is 5.92 Å². The minimum atomic E-state index is -4.31. The van der Waals surface area contributed by atoms with Crippen molar-refractivity contribution in [2.24, 2.45) is 5.92 Å². The number of carbonyl (C=O) groups excluding carboxylic acids is 1. The summed E-state index contributed by atoms with van der Waals surface area (Å²) in [6.45, 7) is 4.25. The molecule has 0 aromatic heterocycles. The zero-order valence-corrected chi connectivity index (χ0v) is 12.4. The van der Waals surface area contributed by atoms with Gasteiger partial charge in [-0.25, -0.2) is 0 Å². The predicted molar refractivity (Wildman–Crippen MR) is 76.3 cm³/mol. The van der Waals surface area contributed by atoms with Gasteiger partial charge in [0.2, 0.25) is 5.91 Å². The Labute approximate surface area is 127 Å². The summed E-state index contributed by atoms with van der Waals surface area (Å²) in [5, 5.41) is 3.29. The number of rotatable bonds is 2. The van der Waals surface area contributed by atoms with Crippen molar-refractivity contribution in [3.05, 3.63) is 35.4 Å². The number of nitrogens with one attached hydrogen (secondary N) is 1. The highest BCUT2D eigenvalue weighted by Gasteiger charge is 2.46. The zero-order valence-electron chi connectivity index (χ0n) is 12.4. The Morgan fingerprint density at radius 1 is 1.27 bits per heavy atom. The Balaban J connectivity index is 1.63. The van der Waals surface area contributed by atoms with E-state index in [1.165, 1.54) is 12.1 Å². The second-order valence-corrected chi connectivity index (χ2v) is 6.21. The summed E-state index contributed by atoms with van der Waals surface area (Å²) in [6.07, 6.45) is -3.57. The molecule has 2 fully saturated rings. The SMILES string of the molecule is CC1CN(C(=O)C2CC2c2ccc(C(F)(F)F)cc2)CCN1. The molecule has 3 rings (SSSR count). The first-order valence-corrected chi connectivity index (χ1v) is 7.55. The third-order valence-electron chi connectivity index (χ3n) is 4.45. The molecule has 120 valence electrons. The highest BCUT2D eigenvalue weighted by Crippen LogP contribution is 2.48. The molecule has 3 atom stereocenters. The standard InChI is InChI=1S/C16H19F3N2O/c1-10-9-21(7-6-20-10)15(22)14-8-13(14)11-2-4-12(5-3-11)16(17,18)19/h2-5,10,13-14,20H,6-9H2,1H3. The van der Waals surface area contributed by atoms with Crippen LogP contribution in [0.4, 0.5) is 13.2 Å². The summed E-state index contributed by atoms with van der Waals surface area (Å²) in [5.41, 5.74) is 0.185. The number of nitrogens with zero attached hydrogens (tertiary/aromatic N) is 1. The third-order valence-corrected chi connectivity index (χ3v) is 4.45. The summed E-state index contributed by atoms with van der Waals surface area (Å²) < 4.78 is 37.7. The molecule has 1 aromatic carbocycles. The van der Waals surface area contributed by atoms with E-state index in [1.54, 1.807) is 0 Å². The first kappa shape index (κ1) is 15.3. The van der Waals surface area contributed by atoms with Crippen LogP contribution in [-0.2, 0) is 11.0 Å². The lowest BCUT2D eigenvalue weighted by Crippen LogP contribution is -2.51. The van der Waals surface area contributed by atoms with Crippen LogP contribution in [0.5, 0.6) is 0 Å². The van der Waals surface area contributed by atoms with Crippen molar-refractivity contribution >= 4 is 5.91 Å². The van der Waals surface area contributed by atoms with Gasteiger partial charge in [-0.1, -0.05) is 12.1 Å². The lowest BCUT2D eigenvalue weighted by Gasteiger charge is -2.32. The van der Waals surface area contributed by atoms with Crippen molar-refractivity contribution in [3.8, 4) is 0 Å². The number of halogens is 3. The van der Waals surface area contributed by atoms with Gasteiger partial charge in [-0.3, -0.25) is 4.79 Å². The molecule has 2 aliphatic rings. The van der Waals surface area contributed by atoms with Crippen LogP contribution >= 0.6 is 0 Å². The predicted octanol–water partition coefficient (Wildman–Crippen LogP) is 2.63. The number of hydrogen-bond donors (Lipinski definition) is 1. The van der Waals surface area contributed by atoms with Crippen LogP contribution in [0.15, 0.2) is 24.3 Å². The Kier molecular flexibility index (Phi) is 3.89. The van der Waals surface area contributed by atoms with Crippen molar-refractivity contribution in [3.63, 3.8) is 0 Å². The van der Waals surface area contributed by atoms with Crippen LogP contribution in [0.25, 0.3) is 0 Å². The number of piperazine rings is 1. The maximum atomic E-state index is 12.6. The molecule has 1 aromatic rings. The topological polar surface area (TPSA) is 32.3 Å². The van der Waals surface area contributed by atoms with Crippen molar-refractivity contribution in [2.45, 2.75) is 31.5 Å². The maximum Gasteiger partial charge on any atom is 0.416 e. The largest absolute Gasteiger partial charge is 0.416 e. The molecule has 0 radical (unpaired) electrons. The minimum Gasteiger partial charge on any atom is -0.340 e. The Morgan fingerprint density at radius 3 is 2.55 bits per heavy atom. The first-order chi connectivity index (χ1) is 10.4. The van der Waals surface area contributed by atoms with Gasteiger partial charge >= 0.3 is 6.18 Å². The fourth-order valence-corrected chi connectivity index (χ4v) is 3.12. The quantitative estimate of drug-likeness (QED) is 0.910. The second-order valence-electron chi connectivity index (χ2n) is 6.21. The molecule has 1 amide bonds. The normalized spacial score (nSPS) is 28.5. The average Bonchev–Trinajstić information content (AvgIpc) is 3.26. The zero-order chi connectivity index (χ0) is 15.9. The smallest absolute Gasteiger partial charge is 0.340 e. The van der Waals surface area contributed by atoms with E-state index in [9.17, 15) is 18.0 Å². The van der Waals surface area contributed by atoms with E-state index in [-0.39, 0.29) is 17.7 Å². The van der Waals surface area contributed by atoms with Crippen molar-refractivity contribution in [2.75, 3.05) is 19.6 Å². The molecular weight excluding hydrogens is 293 g/mol. The van der Waals surface area contributed by atoms with E-state index in [2.05, 4.69) is 5.32 Å². The molecule has 22 heavy (non-hydrogen) atoms. The highest BCUT2D eigenvalue weighted by molar-refractivity contribution is 5.83. The molecule has 1 aliphatic heterocycles. The number of amides is 1. The van der Waals surface area contributed by atoms with Gasteiger partial charge in [0, 0.05) is 31.6 Å².